The number of amides is 1. The van der Waals surface area contributed by atoms with Crippen LogP contribution >= 0.6 is 11.6 Å². The van der Waals surface area contributed by atoms with Crippen molar-refractivity contribution < 1.29 is 14.3 Å². The van der Waals surface area contributed by atoms with Crippen LogP contribution in [0.3, 0.4) is 0 Å². The lowest BCUT2D eigenvalue weighted by Crippen LogP contribution is -2.21. The lowest BCUT2D eigenvalue weighted by molar-refractivity contribution is -0.118. The number of benzene rings is 2. The molecule has 0 fully saturated rings. The predicted octanol–water partition coefficient (Wildman–Crippen LogP) is 3.65. The molecule has 3 N–H and O–H groups in total. The molecule has 1 atom stereocenters. The Morgan fingerprint density at radius 3 is 2.68 bits per heavy atom. The fourth-order valence-electron chi connectivity index (χ4n) is 2.30. The van der Waals surface area contributed by atoms with Gasteiger partial charge < -0.3 is 20.5 Å². The normalized spacial score (nSPS) is 11.7. The first kappa shape index (κ1) is 19.1. The van der Waals surface area contributed by atoms with Gasteiger partial charge in [-0.2, -0.15) is 0 Å². The lowest BCUT2D eigenvalue weighted by Gasteiger charge is -2.14. The van der Waals surface area contributed by atoms with Crippen LogP contribution in [0.4, 0.5) is 5.69 Å². The van der Waals surface area contributed by atoms with Gasteiger partial charge in [-0.05, 0) is 42.7 Å². The molecular formula is C19H23ClN2O3. The van der Waals surface area contributed by atoms with Crippen molar-refractivity contribution in [1.82, 2.24) is 0 Å². The molecule has 0 saturated heterocycles. The van der Waals surface area contributed by atoms with Crippen molar-refractivity contribution in [2.45, 2.75) is 25.8 Å². The highest BCUT2D eigenvalue weighted by atomic mass is 35.5. The number of nitrogens with one attached hydrogen (secondary N) is 1. The summed E-state index contributed by atoms with van der Waals surface area (Å²) in [4.78, 5) is 12.0. The van der Waals surface area contributed by atoms with E-state index in [1.54, 1.807) is 37.4 Å². The lowest BCUT2D eigenvalue weighted by atomic mass is 10.0. The van der Waals surface area contributed by atoms with Crippen molar-refractivity contribution in [2.75, 3.05) is 19.0 Å². The summed E-state index contributed by atoms with van der Waals surface area (Å²) < 4.78 is 10.9. The predicted molar refractivity (Wildman–Crippen MR) is 101 cm³/mol. The van der Waals surface area contributed by atoms with Crippen LogP contribution < -0.4 is 20.5 Å². The molecule has 0 aliphatic rings. The fourth-order valence-corrected chi connectivity index (χ4v) is 2.48. The number of methoxy groups -OCH3 is 1. The zero-order valence-corrected chi connectivity index (χ0v) is 15.2. The molecule has 134 valence electrons. The number of hydrogen-bond donors (Lipinski definition) is 2. The highest BCUT2D eigenvalue weighted by Gasteiger charge is 2.11. The minimum atomic E-state index is -0.299. The van der Waals surface area contributed by atoms with Crippen LogP contribution in [0.2, 0.25) is 5.02 Å². The summed E-state index contributed by atoms with van der Waals surface area (Å²) in [5, 5.41) is 3.19. The Morgan fingerprint density at radius 2 is 2.00 bits per heavy atom. The summed E-state index contributed by atoms with van der Waals surface area (Å²) in [5.41, 5.74) is 7.60. The number of rotatable bonds is 8. The molecule has 0 saturated carbocycles. The van der Waals surface area contributed by atoms with Gasteiger partial charge in [0, 0.05) is 6.04 Å². The number of carbonyl (C=O) groups excluding carboxylic acids is 1. The van der Waals surface area contributed by atoms with Gasteiger partial charge in [-0.15, -0.1) is 0 Å². The van der Waals surface area contributed by atoms with Crippen molar-refractivity contribution in [3.05, 3.63) is 53.1 Å². The van der Waals surface area contributed by atoms with E-state index in [0.29, 0.717) is 22.2 Å². The molecule has 1 unspecified atom stereocenters. The molecule has 0 aliphatic heterocycles. The van der Waals surface area contributed by atoms with Gasteiger partial charge >= 0.3 is 0 Å². The van der Waals surface area contributed by atoms with Gasteiger partial charge in [-0.1, -0.05) is 36.7 Å². The number of para-hydroxylation sites is 1. The van der Waals surface area contributed by atoms with E-state index < -0.39 is 0 Å². The molecule has 2 aromatic carbocycles. The molecule has 0 spiro atoms. The van der Waals surface area contributed by atoms with Crippen LogP contribution in [0.25, 0.3) is 0 Å². The van der Waals surface area contributed by atoms with Gasteiger partial charge in [0.05, 0.1) is 17.8 Å². The Morgan fingerprint density at radius 1 is 1.24 bits per heavy atom. The van der Waals surface area contributed by atoms with Crippen LogP contribution in [-0.4, -0.2) is 25.7 Å². The van der Waals surface area contributed by atoms with Gasteiger partial charge in [0.25, 0.3) is 5.91 Å². The second-order valence-electron chi connectivity index (χ2n) is 5.67. The Balaban J connectivity index is 1.97. The third-order valence-electron chi connectivity index (χ3n) is 3.76. The summed E-state index contributed by atoms with van der Waals surface area (Å²) in [6.45, 7) is 1.91. The molecule has 2 aromatic rings. The summed E-state index contributed by atoms with van der Waals surface area (Å²) >= 11 is 6.02. The van der Waals surface area contributed by atoms with Crippen molar-refractivity contribution >= 4 is 23.2 Å². The summed E-state index contributed by atoms with van der Waals surface area (Å²) in [7, 11) is 1.57. The third-order valence-corrected chi connectivity index (χ3v) is 4.09. The molecule has 2 rings (SSSR count). The van der Waals surface area contributed by atoms with E-state index in [1.165, 1.54) is 0 Å². The second-order valence-corrected chi connectivity index (χ2v) is 6.08. The van der Waals surface area contributed by atoms with Gasteiger partial charge in [-0.25, -0.2) is 0 Å². The van der Waals surface area contributed by atoms with E-state index in [2.05, 4.69) is 12.2 Å². The maximum Gasteiger partial charge on any atom is 0.262 e. The molecule has 0 aromatic heterocycles. The standard InChI is InChI=1S/C19H23ClN2O3/c1-3-14(21)10-13-8-9-17(18(11-13)24-2)25-12-19(23)22-16-7-5-4-6-15(16)20/h4-9,11,14H,3,10,12,21H2,1-2H3,(H,22,23). The Bertz CT molecular complexity index is 722. The average Bonchev–Trinajstić information content (AvgIpc) is 2.62. The van der Waals surface area contributed by atoms with Crippen LogP contribution in [0.15, 0.2) is 42.5 Å². The van der Waals surface area contributed by atoms with Crippen LogP contribution in [0.1, 0.15) is 18.9 Å². The first-order chi connectivity index (χ1) is 12.0. The number of ether oxygens (including phenoxy) is 2. The first-order valence-electron chi connectivity index (χ1n) is 8.13. The Hall–Kier alpha value is -2.24. The van der Waals surface area contributed by atoms with E-state index in [9.17, 15) is 4.79 Å². The maximum absolute atomic E-state index is 12.0. The minimum Gasteiger partial charge on any atom is -0.493 e. The third kappa shape index (κ3) is 5.66. The SMILES string of the molecule is CCC(N)Cc1ccc(OCC(=O)Nc2ccccc2Cl)c(OC)c1. The molecule has 0 radical (unpaired) electrons. The highest BCUT2D eigenvalue weighted by molar-refractivity contribution is 6.33. The van der Waals surface area contributed by atoms with Crippen molar-refractivity contribution in [1.29, 1.82) is 0 Å². The number of anilines is 1. The number of hydrogen-bond acceptors (Lipinski definition) is 4. The minimum absolute atomic E-state index is 0.109. The van der Waals surface area contributed by atoms with Crippen molar-refractivity contribution in [2.24, 2.45) is 5.73 Å². The highest BCUT2D eigenvalue weighted by Crippen LogP contribution is 2.28. The van der Waals surface area contributed by atoms with E-state index in [4.69, 9.17) is 26.8 Å². The van der Waals surface area contributed by atoms with E-state index in [-0.39, 0.29) is 18.6 Å². The molecule has 0 aliphatic carbocycles. The van der Waals surface area contributed by atoms with Crippen LogP contribution in [-0.2, 0) is 11.2 Å². The smallest absolute Gasteiger partial charge is 0.262 e. The van der Waals surface area contributed by atoms with Crippen LogP contribution in [0, 0.1) is 0 Å². The maximum atomic E-state index is 12.0. The number of nitrogens with two attached hydrogens (primary N) is 1. The quantitative estimate of drug-likeness (QED) is 0.751. The fraction of sp³-hybridized carbons (Fsp3) is 0.316. The number of carbonyl (C=O) groups is 1. The molecule has 1 amide bonds. The van der Waals surface area contributed by atoms with Crippen molar-refractivity contribution in [3.63, 3.8) is 0 Å². The van der Waals surface area contributed by atoms with Gasteiger partial charge in [-0.3, -0.25) is 4.79 Å². The molecular weight excluding hydrogens is 340 g/mol. The Kier molecular flexibility index (Phi) is 7.10. The van der Waals surface area contributed by atoms with Crippen LogP contribution in [0.5, 0.6) is 11.5 Å². The van der Waals surface area contributed by atoms with Gasteiger partial charge in [0.1, 0.15) is 0 Å². The largest absolute Gasteiger partial charge is 0.493 e. The molecule has 25 heavy (non-hydrogen) atoms. The van der Waals surface area contributed by atoms with E-state index in [0.717, 1.165) is 18.4 Å². The first-order valence-corrected chi connectivity index (χ1v) is 8.51. The monoisotopic (exact) mass is 362 g/mol. The average molecular weight is 363 g/mol. The van der Waals surface area contributed by atoms with E-state index in [1.807, 2.05) is 12.1 Å². The zero-order chi connectivity index (χ0) is 18.2. The molecule has 0 bridgehead atoms. The summed E-state index contributed by atoms with van der Waals surface area (Å²) in [6.07, 6.45) is 1.67. The molecule has 0 heterocycles. The molecule has 6 heteroatoms. The van der Waals surface area contributed by atoms with Gasteiger partial charge in [0.15, 0.2) is 18.1 Å². The summed E-state index contributed by atoms with van der Waals surface area (Å²) in [6, 6.07) is 12.7. The van der Waals surface area contributed by atoms with E-state index >= 15 is 0 Å². The zero-order valence-electron chi connectivity index (χ0n) is 14.4. The summed E-state index contributed by atoms with van der Waals surface area (Å²) in [5.74, 6) is 0.782. The van der Waals surface area contributed by atoms with Gasteiger partial charge in [0.2, 0.25) is 0 Å². The second kappa shape index (κ2) is 9.30. The Labute approximate surface area is 153 Å². The van der Waals surface area contributed by atoms with Crippen molar-refractivity contribution in [3.8, 4) is 11.5 Å². The molecule has 5 nitrogen and oxygen atoms in total. The topological polar surface area (TPSA) is 73.6 Å². The number of halogens is 1.